The van der Waals surface area contributed by atoms with Crippen LogP contribution in [0.4, 0.5) is 0 Å². The van der Waals surface area contributed by atoms with Crippen molar-refractivity contribution in [3.63, 3.8) is 0 Å². The number of aryl methyl sites for hydroxylation is 1. The second kappa shape index (κ2) is 5.17. The first-order chi connectivity index (χ1) is 9.27. The van der Waals surface area contributed by atoms with Gasteiger partial charge in [0, 0.05) is 19.8 Å². The van der Waals surface area contributed by atoms with Crippen molar-refractivity contribution in [1.29, 1.82) is 0 Å². The van der Waals surface area contributed by atoms with Gasteiger partial charge in [0.05, 0.1) is 16.6 Å². The van der Waals surface area contributed by atoms with Crippen molar-refractivity contribution in [3.8, 4) is 0 Å². The fourth-order valence-corrected chi connectivity index (χ4v) is 3.41. The number of carbonyl (C=O) groups excluding carboxylic acids is 1. The zero-order valence-electron chi connectivity index (χ0n) is 11.0. The van der Waals surface area contributed by atoms with E-state index in [2.05, 4.69) is 5.10 Å². The van der Waals surface area contributed by atoms with E-state index < -0.39 is 0 Å². The molecule has 3 rings (SSSR count). The molecule has 1 aliphatic rings. The van der Waals surface area contributed by atoms with Crippen LogP contribution in [-0.2, 0) is 7.05 Å². The maximum Gasteiger partial charge on any atom is 0.264 e. The number of hydrogen-bond acceptors (Lipinski definition) is 3. The third-order valence-electron chi connectivity index (χ3n) is 3.70. The molecule has 1 atom stereocenters. The summed E-state index contributed by atoms with van der Waals surface area (Å²) in [6.45, 7) is 0.840. The molecule has 3 heterocycles. The van der Waals surface area contributed by atoms with Crippen LogP contribution in [0.1, 0.15) is 40.7 Å². The largest absolute Gasteiger partial charge is 0.329 e. The summed E-state index contributed by atoms with van der Waals surface area (Å²) in [5.41, 5.74) is 1.13. The molecule has 0 N–H and O–H groups in total. The summed E-state index contributed by atoms with van der Waals surface area (Å²) < 4.78 is 1.88. The van der Waals surface area contributed by atoms with Gasteiger partial charge in [-0.1, -0.05) is 6.07 Å². The van der Waals surface area contributed by atoms with E-state index in [1.165, 1.54) is 17.8 Å². The normalized spacial score (nSPS) is 19.6. The van der Waals surface area contributed by atoms with Gasteiger partial charge in [-0.15, -0.1) is 11.3 Å². The molecule has 0 radical (unpaired) electrons. The van der Waals surface area contributed by atoms with E-state index >= 15 is 0 Å². The SMILES string of the molecule is Cn1nccc1C1CCCCN1C(=O)c1cccs1. The number of nitrogens with zero attached hydrogens (tertiary/aromatic N) is 3. The van der Waals surface area contributed by atoms with Gasteiger partial charge in [-0.25, -0.2) is 0 Å². The van der Waals surface area contributed by atoms with Crippen molar-refractivity contribution in [2.75, 3.05) is 6.54 Å². The van der Waals surface area contributed by atoms with Crippen LogP contribution < -0.4 is 0 Å². The lowest BCUT2D eigenvalue weighted by atomic mass is 9.99. The van der Waals surface area contributed by atoms with Crippen LogP contribution in [0.3, 0.4) is 0 Å². The van der Waals surface area contributed by atoms with Gasteiger partial charge in [-0.2, -0.15) is 5.10 Å². The molecule has 1 saturated heterocycles. The maximum atomic E-state index is 12.6. The van der Waals surface area contributed by atoms with Crippen molar-refractivity contribution in [2.24, 2.45) is 7.05 Å². The van der Waals surface area contributed by atoms with Crippen LogP contribution in [0.25, 0.3) is 0 Å². The first-order valence-corrected chi connectivity index (χ1v) is 7.47. The first-order valence-electron chi connectivity index (χ1n) is 6.60. The molecule has 4 nitrogen and oxygen atoms in total. The molecule has 100 valence electrons. The lowest BCUT2D eigenvalue weighted by molar-refractivity contribution is 0.0606. The predicted molar refractivity (Wildman–Crippen MR) is 75.2 cm³/mol. The summed E-state index contributed by atoms with van der Waals surface area (Å²) in [7, 11) is 1.94. The average molecular weight is 275 g/mol. The van der Waals surface area contributed by atoms with Crippen LogP contribution in [0.5, 0.6) is 0 Å². The van der Waals surface area contributed by atoms with Gasteiger partial charge in [-0.3, -0.25) is 9.48 Å². The van der Waals surface area contributed by atoms with Gasteiger partial charge < -0.3 is 4.90 Å². The molecule has 2 aromatic rings. The van der Waals surface area contributed by atoms with E-state index in [-0.39, 0.29) is 11.9 Å². The summed E-state index contributed by atoms with van der Waals surface area (Å²) in [6, 6.07) is 6.02. The summed E-state index contributed by atoms with van der Waals surface area (Å²) in [4.78, 5) is 15.4. The number of carbonyl (C=O) groups is 1. The highest BCUT2D eigenvalue weighted by molar-refractivity contribution is 7.12. The van der Waals surface area contributed by atoms with E-state index in [1.807, 2.05) is 40.2 Å². The fourth-order valence-electron chi connectivity index (χ4n) is 2.73. The molecule has 0 saturated carbocycles. The Hall–Kier alpha value is -1.62. The summed E-state index contributed by atoms with van der Waals surface area (Å²) >= 11 is 1.51. The molecule has 1 unspecified atom stereocenters. The smallest absolute Gasteiger partial charge is 0.264 e. The third kappa shape index (κ3) is 2.30. The van der Waals surface area contributed by atoms with Crippen LogP contribution in [-0.4, -0.2) is 27.1 Å². The number of thiophene rings is 1. The van der Waals surface area contributed by atoms with Crippen LogP contribution in [0, 0.1) is 0 Å². The Balaban J connectivity index is 1.90. The van der Waals surface area contributed by atoms with Gasteiger partial charge in [0.1, 0.15) is 0 Å². The highest BCUT2D eigenvalue weighted by Crippen LogP contribution is 2.32. The second-order valence-electron chi connectivity index (χ2n) is 4.87. The predicted octanol–water partition coefficient (Wildman–Crippen LogP) is 2.85. The van der Waals surface area contributed by atoms with Gasteiger partial charge in [0.15, 0.2) is 0 Å². The number of rotatable bonds is 2. The third-order valence-corrected chi connectivity index (χ3v) is 4.55. The topological polar surface area (TPSA) is 38.1 Å². The van der Waals surface area contributed by atoms with Crippen molar-refractivity contribution in [3.05, 3.63) is 40.3 Å². The average Bonchev–Trinajstić information content (AvgIpc) is 3.09. The Kier molecular flexibility index (Phi) is 3.38. The zero-order valence-corrected chi connectivity index (χ0v) is 11.8. The number of hydrogen-bond donors (Lipinski definition) is 0. The van der Waals surface area contributed by atoms with E-state index in [4.69, 9.17) is 0 Å². The van der Waals surface area contributed by atoms with Crippen LogP contribution in [0.15, 0.2) is 29.8 Å². The molecule has 1 amide bonds. The molecule has 1 aliphatic heterocycles. The van der Waals surface area contributed by atoms with Gasteiger partial charge in [-0.05, 0) is 36.8 Å². The van der Waals surface area contributed by atoms with Crippen molar-refractivity contribution in [1.82, 2.24) is 14.7 Å². The first kappa shape index (κ1) is 12.4. The van der Waals surface area contributed by atoms with Crippen molar-refractivity contribution < 1.29 is 4.79 Å². The number of likely N-dealkylation sites (tertiary alicyclic amines) is 1. The molecule has 0 aliphatic carbocycles. The molecular weight excluding hydrogens is 258 g/mol. The maximum absolute atomic E-state index is 12.6. The Morgan fingerprint density at radius 2 is 2.32 bits per heavy atom. The van der Waals surface area contributed by atoms with Gasteiger partial charge in [0.25, 0.3) is 5.91 Å². The standard InChI is InChI=1S/C14H17N3OS/c1-16-11(7-8-15-16)12-5-2-3-9-17(12)14(18)13-6-4-10-19-13/h4,6-8,10,12H,2-3,5,9H2,1H3. The molecule has 1 fully saturated rings. The number of aromatic nitrogens is 2. The molecule has 5 heteroatoms. The molecule has 0 spiro atoms. The van der Waals surface area contributed by atoms with Crippen molar-refractivity contribution in [2.45, 2.75) is 25.3 Å². The lowest BCUT2D eigenvalue weighted by Crippen LogP contribution is -2.39. The van der Waals surface area contributed by atoms with E-state index in [0.29, 0.717) is 0 Å². The second-order valence-corrected chi connectivity index (χ2v) is 5.81. The summed E-state index contributed by atoms with van der Waals surface area (Å²) in [6.07, 6.45) is 5.09. The Bertz CT molecular complexity index is 561. The molecule has 2 aromatic heterocycles. The molecule has 0 bridgehead atoms. The highest BCUT2D eigenvalue weighted by Gasteiger charge is 2.30. The summed E-state index contributed by atoms with van der Waals surface area (Å²) in [5.74, 6) is 0.154. The Morgan fingerprint density at radius 3 is 3.00 bits per heavy atom. The number of piperidine rings is 1. The molecule has 19 heavy (non-hydrogen) atoms. The van der Waals surface area contributed by atoms with E-state index in [1.54, 1.807) is 6.20 Å². The molecule has 0 aromatic carbocycles. The van der Waals surface area contributed by atoms with Crippen LogP contribution >= 0.6 is 11.3 Å². The minimum Gasteiger partial charge on any atom is -0.329 e. The minimum atomic E-state index is 0.154. The quantitative estimate of drug-likeness (QED) is 0.845. The Morgan fingerprint density at radius 1 is 1.42 bits per heavy atom. The van der Waals surface area contributed by atoms with E-state index in [9.17, 15) is 4.79 Å². The summed E-state index contributed by atoms with van der Waals surface area (Å²) in [5, 5.41) is 6.18. The Labute approximate surface area is 116 Å². The van der Waals surface area contributed by atoms with Gasteiger partial charge >= 0.3 is 0 Å². The molecular formula is C14H17N3OS. The lowest BCUT2D eigenvalue weighted by Gasteiger charge is -2.35. The van der Waals surface area contributed by atoms with E-state index in [0.717, 1.165) is 30.0 Å². The highest BCUT2D eigenvalue weighted by atomic mass is 32.1. The number of amides is 1. The fraction of sp³-hybridized carbons (Fsp3) is 0.429. The van der Waals surface area contributed by atoms with Crippen molar-refractivity contribution >= 4 is 17.2 Å². The van der Waals surface area contributed by atoms with Crippen LogP contribution in [0.2, 0.25) is 0 Å². The minimum absolute atomic E-state index is 0.154. The van der Waals surface area contributed by atoms with Gasteiger partial charge in [0.2, 0.25) is 0 Å². The zero-order chi connectivity index (χ0) is 13.2. The monoisotopic (exact) mass is 275 g/mol.